The Bertz CT molecular complexity index is 980. The van der Waals surface area contributed by atoms with Crippen LogP contribution in [0.2, 0.25) is 0 Å². The van der Waals surface area contributed by atoms with Crippen molar-refractivity contribution in [2.45, 2.75) is 6.42 Å². The Morgan fingerprint density at radius 1 is 1.18 bits per heavy atom. The van der Waals surface area contributed by atoms with E-state index in [0.29, 0.717) is 23.6 Å². The number of fused-ring (bicyclic) bond motifs is 1. The van der Waals surface area contributed by atoms with Crippen LogP contribution in [0.5, 0.6) is 5.75 Å². The Morgan fingerprint density at radius 2 is 1.96 bits per heavy atom. The first kappa shape index (κ1) is 19.6. The molecule has 6 nitrogen and oxygen atoms in total. The Kier molecular flexibility index (Phi) is 6.39. The number of methoxy groups -OCH3 is 1. The molecule has 7 heteroatoms. The van der Waals surface area contributed by atoms with Crippen molar-refractivity contribution >= 4 is 29.0 Å². The van der Waals surface area contributed by atoms with Gasteiger partial charge >= 0.3 is 0 Å². The molecule has 28 heavy (non-hydrogen) atoms. The van der Waals surface area contributed by atoms with E-state index >= 15 is 0 Å². The number of rotatable bonds is 8. The molecule has 3 N–H and O–H groups in total. The number of carbonyl (C=O) groups excluding carboxylic acids is 1. The molecule has 0 aliphatic heterocycles. The first-order valence-corrected chi connectivity index (χ1v) is 9.05. The topological polar surface area (TPSA) is 79.0 Å². The third kappa shape index (κ3) is 4.37. The predicted octanol–water partition coefficient (Wildman–Crippen LogP) is 3.22. The van der Waals surface area contributed by atoms with Crippen molar-refractivity contribution in [3.63, 3.8) is 0 Å². The number of ether oxygens (including phenoxy) is 1. The van der Waals surface area contributed by atoms with Crippen LogP contribution in [0.15, 0.2) is 36.4 Å². The number of hydrogen-bond acceptors (Lipinski definition) is 4. The molecule has 0 aliphatic rings. The molecule has 1 aromatic heterocycles. The molecule has 0 atom stereocenters. The monoisotopic (exact) mass is 382 g/mol. The summed E-state index contributed by atoms with van der Waals surface area (Å²) in [5.41, 5.74) is 2.70. The Morgan fingerprint density at radius 3 is 2.68 bits per heavy atom. The molecule has 2 aromatic carbocycles. The van der Waals surface area contributed by atoms with Crippen molar-refractivity contribution in [3.05, 3.63) is 59.0 Å². The van der Waals surface area contributed by atoms with E-state index in [0.717, 1.165) is 29.4 Å². The lowest BCUT2D eigenvalue weighted by atomic mass is 10.1. The van der Waals surface area contributed by atoms with Crippen molar-refractivity contribution in [2.24, 2.45) is 0 Å². The lowest BCUT2D eigenvalue weighted by Crippen LogP contribution is -2.27. The molecule has 1 amide bonds. The zero-order valence-electron chi connectivity index (χ0n) is 15.9. The molecule has 0 saturated heterocycles. The van der Waals surface area contributed by atoms with Crippen LogP contribution in [0.25, 0.3) is 23.1 Å². The van der Waals surface area contributed by atoms with Gasteiger partial charge in [0.05, 0.1) is 29.3 Å². The molecule has 0 bridgehead atoms. The van der Waals surface area contributed by atoms with Gasteiger partial charge in [-0.2, -0.15) is 5.10 Å². The summed E-state index contributed by atoms with van der Waals surface area (Å²) in [7, 11) is 3.41. The zero-order chi connectivity index (χ0) is 19.9. The largest absolute Gasteiger partial charge is 0.495 e. The second kappa shape index (κ2) is 9.14. The summed E-state index contributed by atoms with van der Waals surface area (Å²) in [6, 6.07) is 9.70. The molecule has 0 radical (unpaired) electrons. The quantitative estimate of drug-likeness (QED) is 0.523. The Balaban J connectivity index is 1.90. The van der Waals surface area contributed by atoms with Crippen LogP contribution in [0.3, 0.4) is 0 Å². The van der Waals surface area contributed by atoms with Crippen molar-refractivity contribution in [1.29, 1.82) is 0 Å². The zero-order valence-corrected chi connectivity index (χ0v) is 15.9. The average molecular weight is 382 g/mol. The summed E-state index contributed by atoms with van der Waals surface area (Å²) in [6.45, 7) is 1.40. The van der Waals surface area contributed by atoms with Gasteiger partial charge in [-0.25, -0.2) is 4.39 Å². The minimum Gasteiger partial charge on any atom is -0.495 e. The van der Waals surface area contributed by atoms with Crippen LogP contribution >= 0.6 is 0 Å². The maximum absolute atomic E-state index is 13.1. The van der Waals surface area contributed by atoms with E-state index in [1.165, 1.54) is 19.2 Å². The van der Waals surface area contributed by atoms with Crippen LogP contribution in [0, 0.1) is 5.82 Å². The molecule has 0 spiro atoms. The number of aromatic amines is 1. The maximum Gasteiger partial charge on any atom is 0.255 e. The van der Waals surface area contributed by atoms with E-state index in [4.69, 9.17) is 4.74 Å². The smallest absolute Gasteiger partial charge is 0.255 e. The van der Waals surface area contributed by atoms with E-state index < -0.39 is 0 Å². The molecular formula is C21H23FN4O2. The van der Waals surface area contributed by atoms with Crippen molar-refractivity contribution in [1.82, 2.24) is 20.8 Å². The molecule has 3 rings (SSSR count). The minimum atomic E-state index is -0.283. The summed E-state index contributed by atoms with van der Waals surface area (Å²) in [5.74, 6) is -0.00458. The van der Waals surface area contributed by atoms with E-state index in [9.17, 15) is 9.18 Å². The van der Waals surface area contributed by atoms with Gasteiger partial charge in [-0.05, 0) is 55.9 Å². The van der Waals surface area contributed by atoms with Gasteiger partial charge in [0.2, 0.25) is 0 Å². The molecule has 0 aliphatic carbocycles. The Hall–Kier alpha value is -3.19. The predicted molar refractivity (Wildman–Crippen MR) is 109 cm³/mol. The third-order valence-corrected chi connectivity index (χ3v) is 4.35. The number of benzene rings is 2. The van der Waals surface area contributed by atoms with Gasteiger partial charge in [0.15, 0.2) is 0 Å². The standard InChI is InChI=1S/C21H23FN4O2/c1-23-12-3-13-24-21(27)16-9-11-18-19(20(16)28-2)17(25-26-18)10-6-14-4-7-15(22)8-5-14/h4-11,23H,3,12-13H2,1-2H3,(H,24,27)(H,25,26)/b10-6+. The molecule has 146 valence electrons. The van der Waals surface area contributed by atoms with Gasteiger partial charge in [-0.3, -0.25) is 9.89 Å². The number of aromatic nitrogens is 2. The number of nitrogens with zero attached hydrogens (tertiary/aromatic N) is 1. The summed E-state index contributed by atoms with van der Waals surface area (Å²) in [4.78, 5) is 12.6. The van der Waals surface area contributed by atoms with E-state index in [2.05, 4.69) is 20.8 Å². The normalized spacial score (nSPS) is 11.2. The van der Waals surface area contributed by atoms with Gasteiger partial charge < -0.3 is 15.4 Å². The van der Waals surface area contributed by atoms with Crippen LogP contribution in [0.4, 0.5) is 4.39 Å². The van der Waals surface area contributed by atoms with Gasteiger partial charge in [-0.1, -0.05) is 18.2 Å². The number of halogens is 1. The summed E-state index contributed by atoms with van der Waals surface area (Å²) >= 11 is 0. The van der Waals surface area contributed by atoms with Crippen LogP contribution in [-0.4, -0.2) is 43.4 Å². The van der Waals surface area contributed by atoms with Crippen LogP contribution in [-0.2, 0) is 0 Å². The van der Waals surface area contributed by atoms with Gasteiger partial charge in [-0.15, -0.1) is 0 Å². The van der Waals surface area contributed by atoms with Crippen molar-refractivity contribution in [3.8, 4) is 5.75 Å². The maximum atomic E-state index is 13.1. The summed E-state index contributed by atoms with van der Waals surface area (Å²) in [5, 5.41) is 13.9. The fraction of sp³-hybridized carbons (Fsp3) is 0.238. The van der Waals surface area contributed by atoms with Crippen LogP contribution < -0.4 is 15.4 Å². The molecule has 1 heterocycles. The highest BCUT2D eigenvalue weighted by Crippen LogP contribution is 2.32. The summed E-state index contributed by atoms with van der Waals surface area (Å²) < 4.78 is 18.6. The highest BCUT2D eigenvalue weighted by atomic mass is 19.1. The minimum absolute atomic E-state index is 0.190. The third-order valence-electron chi connectivity index (χ3n) is 4.35. The molecule has 0 unspecified atom stereocenters. The van der Waals surface area contributed by atoms with Crippen molar-refractivity contribution < 1.29 is 13.9 Å². The molecule has 0 fully saturated rings. The molecule has 0 saturated carbocycles. The first-order valence-electron chi connectivity index (χ1n) is 9.05. The second-order valence-corrected chi connectivity index (χ2v) is 6.28. The van der Waals surface area contributed by atoms with E-state index in [1.807, 2.05) is 25.3 Å². The van der Waals surface area contributed by atoms with Gasteiger partial charge in [0.25, 0.3) is 5.91 Å². The number of nitrogens with one attached hydrogen (secondary N) is 3. The number of hydrogen-bond donors (Lipinski definition) is 3. The number of amides is 1. The SMILES string of the molecule is CNCCCNC(=O)c1ccc2[nH]nc(/C=C/c3ccc(F)cc3)c2c1OC. The van der Waals surface area contributed by atoms with E-state index in [-0.39, 0.29) is 11.7 Å². The van der Waals surface area contributed by atoms with Gasteiger partial charge in [0, 0.05) is 6.54 Å². The highest BCUT2D eigenvalue weighted by molar-refractivity contribution is 6.05. The lowest BCUT2D eigenvalue weighted by Gasteiger charge is -2.10. The summed E-state index contributed by atoms with van der Waals surface area (Å²) in [6.07, 6.45) is 4.48. The first-order chi connectivity index (χ1) is 13.6. The lowest BCUT2D eigenvalue weighted by molar-refractivity contribution is 0.0950. The van der Waals surface area contributed by atoms with Crippen LogP contribution in [0.1, 0.15) is 28.0 Å². The highest BCUT2D eigenvalue weighted by Gasteiger charge is 2.18. The van der Waals surface area contributed by atoms with Crippen molar-refractivity contribution in [2.75, 3.05) is 27.2 Å². The number of carbonyl (C=O) groups is 1. The fourth-order valence-electron chi connectivity index (χ4n) is 2.93. The molecule has 3 aromatic rings. The fourth-order valence-corrected chi connectivity index (χ4v) is 2.93. The Labute approximate surface area is 162 Å². The average Bonchev–Trinajstić information content (AvgIpc) is 3.13. The van der Waals surface area contributed by atoms with Gasteiger partial charge in [0.1, 0.15) is 11.6 Å². The second-order valence-electron chi connectivity index (χ2n) is 6.28. The van der Waals surface area contributed by atoms with E-state index in [1.54, 1.807) is 18.2 Å². The number of H-pyrrole nitrogens is 1. The molecular weight excluding hydrogens is 359 g/mol.